The number of pyridine rings is 1. The van der Waals surface area contributed by atoms with Crippen LogP contribution in [0.25, 0.3) is 0 Å². The molecule has 1 atom stereocenters. The van der Waals surface area contributed by atoms with Crippen molar-refractivity contribution in [2.75, 3.05) is 11.1 Å². The molecule has 0 fully saturated rings. The summed E-state index contributed by atoms with van der Waals surface area (Å²) in [5.41, 5.74) is 5.78. The number of nitrogens with one attached hydrogen (secondary N) is 1. The van der Waals surface area contributed by atoms with Gasteiger partial charge in [0.2, 0.25) is 0 Å². The number of benzene rings is 1. The molecule has 5 nitrogen and oxygen atoms in total. The third kappa shape index (κ3) is 4.06. The van der Waals surface area contributed by atoms with Gasteiger partial charge in [0.25, 0.3) is 5.91 Å². The third-order valence-electron chi connectivity index (χ3n) is 2.63. The van der Waals surface area contributed by atoms with Gasteiger partial charge in [0.15, 0.2) is 6.10 Å². The Labute approximate surface area is 125 Å². The Morgan fingerprint density at radius 3 is 2.86 bits per heavy atom. The number of carbonyl (C=O) groups is 1. The average molecular weight is 310 g/mol. The number of hydrogen-bond acceptors (Lipinski definition) is 4. The van der Waals surface area contributed by atoms with E-state index in [0.717, 1.165) is 0 Å². The predicted molar refractivity (Wildman–Crippen MR) is 78.8 cm³/mol. The Balaban J connectivity index is 2.00. The lowest BCUT2D eigenvalue weighted by atomic mass is 10.2. The SMILES string of the molecule is CC(Oc1cncc(Cl)c1)C(=O)Nc1ccc(F)c(N)c1. The number of carbonyl (C=O) groups excluding carboxylic acids is 1. The maximum absolute atomic E-state index is 13.0. The van der Waals surface area contributed by atoms with E-state index < -0.39 is 17.8 Å². The minimum atomic E-state index is -0.781. The first kappa shape index (κ1) is 15.1. The van der Waals surface area contributed by atoms with Gasteiger partial charge in [0.05, 0.1) is 16.9 Å². The molecule has 1 heterocycles. The summed E-state index contributed by atoms with van der Waals surface area (Å²) in [6.07, 6.45) is 2.13. The molecule has 7 heteroatoms. The topological polar surface area (TPSA) is 77.2 Å². The van der Waals surface area contributed by atoms with Crippen LogP contribution >= 0.6 is 11.6 Å². The lowest BCUT2D eigenvalue weighted by molar-refractivity contribution is -0.122. The van der Waals surface area contributed by atoms with Crippen molar-refractivity contribution in [1.82, 2.24) is 4.98 Å². The van der Waals surface area contributed by atoms with Crippen molar-refractivity contribution in [2.45, 2.75) is 13.0 Å². The monoisotopic (exact) mass is 309 g/mol. The van der Waals surface area contributed by atoms with E-state index >= 15 is 0 Å². The van der Waals surface area contributed by atoms with Gasteiger partial charge in [-0.15, -0.1) is 0 Å². The molecule has 2 aromatic rings. The predicted octanol–water partition coefficient (Wildman–Crippen LogP) is 2.86. The van der Waals surface area contributed by atoms with E-state index in [4.69, 9.17) is 22.1 Å². The van der Waals surface area contributed by atoms with E-state index in [0.29, 0.717) is 16.5 Å². The van der Waals surface area contributed by atoms with Crippen LogP contribution in [0.15, 0.2) is 36.7 Å². The molecular weight excluding hydrogens is 297 g/mol. The molecule has 0 bridgehead atoms. The summed E-state index contributed by atoms with van der Waals surface area (Å²) in [5.74, 6) is -0.563. The summed E-state index contributed by atoms with van der Waals surface area (Å²) in [7, 11) is 0. The van der Waals surface area contributed by atoms with Gasteiger partial charge in [-0.3, -0.25) is 9.78 Å². The number of amides is 1. The summed E-state index contributed by atoms with van der Waals surface area (Å²) in [4.78, 5) is 15.8. The minimum absolute atomic E-state index is 0.0413. The Hall–Kier alpha value is -2.34. The maximum Gasteiger partial charge on any atom is 0.265 e. The molecule has 2 rings (SSSR count). The quantitative estimate of drug-likeness (QED) is 0.851. The van der Waals surface area contributed by atoms with Crippen LogP contribution in [0.1, 0.15) is 6.92 Å². The van der Waals surface area contributed by atoms with E-state index in [-0.39, 0.29) is 5.69 Å². The highest BCUT2D eigenvalue weighted by atomic mass is 35.5. The van der Waals surface area contributed by atoms with Crippen molar-refractivity contribution in [3.05, 3.63) is 47.5 Å². The largest absolute Gasteiger partial charge is 0.479 e. The molecule has 0 aliphatic rings. The van der Waals surface area contributed by atoms with Crippen LogP contribution in [0.2, 0.25) is 5.02 Å². The second-order valence-electron chi connectivity index (χ2n) is 4.32. The Morgan fingerprint density at radius 1 is 1.43 bits per heavy atom. The van der Waals surface area contributed by atoms with Crippen LogP contribution in [-0.2, 0) is 4.79 Å². The molecule has 0 saturated carbocycles. The third-order valence-corrected chi connectivity index (χ3v) is 2.83. The average Bonchev–Trinajstić information content (AvgIpc) is 2.43. The van der Waals surface area contributed by atoms with E-state index in [1.54, 1.807) is 13.0 Å². The van der Waals surface area contributed by atoms with Crippen LogP contribution < -0.4 is 15.8 Å². The number of halogens is 2. The van der Waals surface area contributed by atoms with E-state index in [1.807, 2.05) is 0 Å². The fraction of sp³-hybridized carbons (Fsp3) is 0.143. The smallest absolute Gasteiger partial charge is 0.265 e. The van der Waals surface area contributed by atoms with Gasteiger partial charge in [0.1, 0.15) is 11.6 Å². The minimum Gasteiger partial charge on any atom is -0.479 e. The molecule has 110 valence electrons. The Bertz CT molecular complexity index is 666. The molecule has 1 unspecified atom stereocenters. The fourth-order valence-electron chi connectivity index (χ4n) is 1.58. The first-order chi connectivity index (χ1) is 9.95. The van der Waals surface area contributed by atoms with E-state index in [9.17, 15) is 9.18 Å². The van der Waals surface area contributed by atoms with Gasteiger partial charge in [0, 0.05) is 18.0 Å². The highest BCUT2D eigenvalue weighted by Gasteiger charge is 2.15. The van der Waals surface area contributed by atoms with Crippen molar-refractivity contribution < 1.29 is 13.9 Å². The van der Waals surface area contributed by atoms with Gasteiger partial charge in [-0.1, -0.05) is 11.6 Å². The molecule has 21 heavy (non-hydrogen) atoms. The first-order valence-corrected chi connectivity index (χ1v) is 6.46. The molecule has 0 aliphatic heterocycles. The molecule has 3 N–H and O–H groups in total. The molecule has 1 amide bonds. The molecular formula is C14H13ClFN3O2. The first-order valence-electron chi connectivity index (χ1n) is 6.09. The second-order valence-corrected chi connectivity index (χ2v) is 4.76. The van der Waals surface area contributed by atoms with Gasteiger partial charge < -0.3 is 15.8 Å². The standard InChI is InChI=1S/C14H13ClFN3O2/c1-8(21-11-4-9(15)6-18-7-11)14(20)19-10-2-3-12(16)13(17)5-10/h2-8H,17H2,1H3,(H,19,20). The maximum atomic E-state index is 13.0. The molecule has 1 aromatic carbocycles. The second kappa shape index (κ2) is 6.41. The van der Waals surface area contributed by atoms with Crippen molar-refractivity contribution in [3.63, 3.8) is 0 Å². The molecule has 0 aliphatic carbocycles. The van der Waals surface area contributed by atoms with Crippen molar-refractivity contribution in [3.8, 4) is 5.75 Å². The van der Waals surface area contributed by atoms with Crippen LogP contribution in [0.3, 0.4) is 0 Å². The number of nitrogens with two attached hydrogens (primary N) is 1. The molecule has 0 spiro atoms. The number of ether oxygens (including phenoxy) is 1. The summed E-state index contributed by atoms with van der Waals surface area (Å²) < 4.78 is 18.5. The van der Waals surface area contributed by atoms with Crippen LogP contribution in [0.4, 0.5) is 15.8 Å². The zero-order valence-corrected chi connectivity index (χ0v) is 11.9. The number of hydrogen-bond donors (Lipinski definition) is 2. The number of nitrogens with zero attached hydrogens (tertiary/aromatic N) is 1. The summed E-state index contributed by atoms with van der Waals surface area (Å²) in [6, 6.07) is 5.48. The van der Waals surface area contributed by atoms with Crippen molar-refractivity contribution in [1.29, 1.82) is 0 Å². The summed E-state index contributed by atoms with van der Waals surface area (Å²) >= 11 is 5.78. The lowest BCUT2D eigenvalue weighted by Crippen LogP contribution is -2.30. The van der Waals surface area contributed by atoms with Crippen LogP contribution in [0.5, 0.6) is 5.75 Å². The normalized spacial score (nSPS) is 11.8. The Morgan fingerprint density at radius 2 is 2.19 bits per heavy atom. The van der Waals surface area contributed by atoms with Gasteiger partial charge in [-0.05, 0) is 25.1 Å². The number of anilines is 2. The van der Waals surface area contributed by atoms with Gasteiger partial charge in [-0.25, -0.2) is 4.39 Å². The lowest BCUT2D eigenvalue weighted by Gasteiger charge is -2.14. The van der Waals surface area contributed by atoms with E-state index in [1.165, 1.54) is 30.6 Å². The number of nitrogen functional groups attached to an aromatic ring is 1. The van der Waals surface area contributed by atoms with Gasteiger partial charge in [-0.2, -0.15) is 0 Å². The summed E-state index contributed by atoms with van der Waals surface area (Å²) in [6.45, 7) is 1.57. The van der Waals surface area contributed by atoms with E-state index in [2.05, 4.69) is 10.3 Å². The highest BCUT2D eigenvalue weighted by Crippen LogP contribution is 2.19. The fourth-order valence-corrected chi connectivity index (χ4v) is 1.74. The van der Waals surface area contributed by atoms with Crippen molar-refractivity contribution >= 4 is 28.9 Å². The molecule has 0 saturated heterocycles. The highest BCUT2D eigenvalue weighted by molar-refractivity contribution is 6.30. The number of rotatable bonds is 4. The zero-order valence-electron chi connectivity index (χ0n) is 11.1. The molecule has 1 aromatic heterocycles. The zero-order chi connectivity index (χ0) is 15.4. The Kier molecular flexibility index (Phi) is 4.59. The van der Waals surface area contributed by atoms with Crippen molar-refractivity contribution in [2.24, 2.45) is 0 Å². The summed E-state index contributed by atoms with van der Waals surface area (Å²) in [5, 5.41) is 2.99. The van der Waals surface area contributed by atoms with Gasteiger partial charge >= 0.3 is 0 Å². The van der Waals surface area contributed by atoms with Crippen LogP contribution in [-0.4, -0.2) is 17.0 Å². The van der Waals surface area contributed by atoms with Crippen LogP contribution in [0, 0.1) is 5.82 Å². The molecule has 0 radical (unpaired) electrons. The number of aromatic nitrogens is 1.